The van der Waals surface area contributed by atoms with E-state index in [4.69, 9.17) is 9.84 Å². The highest BCUT2D eigenvalue weighted by Crippen LogP contribution is 2.38. The average molecular weight is 425 g/mol. The van der Waals surface area contributed by atoms with Gasteiger partial charge in [0.15, 0.2) is 0 Å². The van der Waals surface area contributed by atoms with Crippen LogP contribution in [0.15, 0.2) is 23.6 Å². The first kappa shape index (κ1) is 24.1. The number of hydrogen-bond acceptors (Lipinski definition) is 5. The standard InChI is InChI=1S/C23H36O5S/c1-16-17(13-14-29-16)9-10-18(28-2)11-12-20-19(21(24)15-22(20)25)7-5-3-4-6-8-23(26)27/h3,5,13-14,18-22,24-25H,4,6-12,15H2,1-2H3,(H,26,27)/t18?,19-,20-,21?,22?/m1/s1. The van der Waals surface area contributed by atoms with Crippen LogP contribution < -0.4 is 0 Å². The molecular formula is C23H36O5S. The van der Waals surface area contributed by atoms with Crippen LogP contribution in [0.4, 0.5) is 0 Å². The van der Waals surface area contributed by atoms with Crippen molar-refractivity contribution in [3.05, 3.63) is 34.0 Å². The lowest BCUT2D eigenvalue weighted by Crippen LogP contribution is -2.24. The number of aliphatic hydroxyl groups excluding tert-OH is 2. The second-order valence-electron chi connectivity index (χ2n) is 8.17. The molecule has 1 fully saturated rings. The highest BCUT2D eigenvalue weighted by molar-refractivity contribution is 7.10. The van der Waals surface area contributed by atoms with Crippen LogP contribution in [0.3, 0.4) is 0 Å². The van der Waals surface area contributed by atoms with Crippen LogP contribution in [0.25, 0.3) is 0 Å². The minimum absolute atomic E-state index is 0.0531. The van der Waals surface area contributed by atoms with E-state index >= 15 is 0 Å². The van der Waals surface area contributed by atoms with Gasteiger partial charge in [-0.05, 0) is 87.1 Å². The first-order valence-corrected chi connectivity index (χ1v) is 11.6. The third kappa shape index (κ3) is 7.85. The monoisotopic (exact) mass is 424 g/mol. The Morgan fingerprint density at radius 1 is 1.28 bits per heavy atom. The molecule has 1 saturated carbocycles. The Morgan fingerprint density at radius 2 is 2.03 bits per heavy atom. The Bertz CT molecular complexity index is 641. The first-order chi connectivity index (χ1) is 13.9. The average Bonchev–Trinajstić information content (AvgIpc) is 3.20. The summed E-state index contributed by atoms with van der Waals surface area (Å²) in [5.74, 6) is -0.638. The molecule has 5 atom stereocenters. The van der Waals surface area contributed by atoms with E-state index in [-0.39, 0.29) is 24.4 Å². The fourth-order valence-electron chi connectivity index (χ4n) is 4.39. The minimum atomic E-state index is -0.769. The molecule has 2 rings (SSSR count). The van der Waals surface area contributed by atoms with E-state index < -0.39 is 18.2 Å². The molecule has 164 valence electrons. The number of methoxy groups -OCH3 is 1. The molecule has 1 aromatic heterocycles. The van der Waals surface area contributed by atoms with Gasteiger partial charge < -0.3 is 20.1 Å². The molecule has 0 bridgehead atoms. The van der Waals surface area contributed by atoms with Gasteiger partial charge in [-0.3, -0.25) is 4.79 Å². The maximum Gasteiger partial charge on any atom is 0.303 e. The smallest absolute Gasteiger partial charge is 0.303 e. The summed E-state index contributed by atoms with van der Waals surface area (Å²) < 4.78 is 5.69. The quantitative estimate of drug-likeness (QED) is 0.324. The number of thiophene rings is 1. The summed E-state index contributed by atoms with van der Waals surface area (Å²) >= 11 is 1.77. The Balaban J connectivity index is 1.79. The second kappa shape index (κ2) is 12.5. The lowest BCUT2D eigenvalue weighted by atomic mass is 9.85. The lowest BCUT2D eigenvalue weighted by molar-refractivity contribution is -0.137. The highest BCUT2D eigenvalue weighted by atomic mass is 32.1. The fourth-order valence-corrected chi connectivity index (χ4v) is 5.15. The van der Waals surface area contributed by atoms with Crippen LogP contribution in [0.1, 0.15) is 61.8 Å². The van der Waals surface area contributed by atoms with Gasteiger partial charge in [0.2, 0.25) is 0 Å². The second-order valence-corrected chi connectivity index (χ2v) is 9.29. The third-order valence-corrected chi connectivity index (χ3v) is 7.10. The Labute approximate surface area is 178 Å². The molecule has 0 amide bonds. The molecule has 1 aromatic rings. The van der Waals surface area contributed by atoms with E-state index in [1.807, 2.05) is 12.2 Å². The van der Waals surface area contributed by atoms with Crippen LogP contribution in [-0.4, -0.2) is 46.7 Å². The topological polar surface area (TPSA) is 87.0 Å². The molecule has 0 saturated heterocycles. The molecule has 29 heavy (non-hydrogen) atoms. The largest absolute Gasteiger partial charge is 0.481 e. The zero-order chi connectivity index (χ0) is 21.2. The Morgan fingerprint density at radius 3 is 2.69 bits per heavy atom. The Hall–Kier alpha value is -1.21. The van der Waals surface area contributed by atoms with Crippen molar-refractivity contribution in [3.8, 4) is 0 Å². The molecule has 3 N–H and O–H groups in total. The van der Waals surface area contributed by atoms with Gasteiger partial charge >= 0.3 is 5.97 Å². The van der Waals surface area contributed by atoms with Gasteiger partial charge in [-0.25, -0.2) is 0 Å². The number of hydrogen-bond donors (Lipinski definition) is 3. The molecule has 3 unspecified atom stereocenters. The molecule has 0 spiro atoms. The summed E-state index contributed by atoms with van der Waals surface area (Å²) in [6.45, 7) is 2.15. The number of carbonyl (C=O) groups is 1. The van der Waals surface area contributed by atoms with E-state index in [1.54, 1.807) is 18.4 Å². The predicted molar refractivity (Wildman–Crippen MR) is 116 cm³/mol. The van der Waals surface area contributed by atoms with Gasteiger partial charge in [-0.2, -0.15) is 0 Å². The number of unbranched alkanes of at least 4 members (excludes halogenated alkanes) is 1. The first-order valence-electron chi connectivity index (χ1n) is 10.7. The summed E-state index contributed by atoms with van der Waals surface area (Å²) in [7, 11) is 1.75. The highest BCUT2D eigenvalue weighted by Gasteiger charge is 2.40. The number of carboxylic acids is 1. The number of aryl methyl sites for hydroxylation is 2. The maximum absolute atomic E-state index is 10.6. The van der Waals surface area contributed by atoms with Crippen molar-refractivity contribution in [1.82, 2.24) is 0 Å². The van der Waals surface area contributed by atoms with Crippen LogP contribution >= 0.6 is 11.3 Å². The summed E-state index contributed by atoms with van der Waals surface area (Å²) in [6, 6.07) is 2.18. The predicted octanol–water partition coefficient (Wildman–Crippen LogP) is 4.34. The third-order valence-electron chi connectivity index (χ3n) is 6.21. The fraction of sp³-hybridized carbons (Fsp3) is 0.696. The molecule has 1 aliphatic rings. The van der Waals surface area contributed by atoms with Crippen LogP contribution in [0, 0.1) is 18.8 Å². The molecule has 5 nitrogen and oxygen atoms in total. The van der Waals surface area contributed by atoms with E-state index in [2.05, 4.69) is 18.4 Å². The van der Waals surface area contributed by atoms with E-state index in [1.165, 1.54) is 10.4 Å². The lowest BCUT2D eigenvalue weighted by Gasteiger charge is -2.24. The molecule has 1 heterocycles. The zero-order valence-corrected chi connectivity index (χ0v) is 18.4. The maximum atomic E-state index is 10.6. The number of rotatable bonds is 13. The number of aliphatic carboxylic acids is 1. The SMILES string of the molecule is COC(CCc1ccsc1C)CC[C@H]1C(O)CC(O)[C@@H]1CC=CCCCC(=O)O. The van der Waals surface area contributed by atoms with Crippen LogP contribution in [-0.2, 0) is 16.0 Å². The van der Waals surface area contributed by atoms with Crippen molar-refractivity contribution in [3.63, 3.8) is 0 Å². The van der Waals surface area contributed by atoms with E-state index in [0.29, 0.717) is 12.8 Å². The number of carboxylic acid groups (broad SMARTS) is 1. The minimum Gasteiger partial charge on any atom is -0.481 e. The molecule has 6 heteroatoms. The van der Waals surface area contributed by atoms with Crippen molar-refractivity contribution >= 4 is 17.3 Å². The summed E-state index contributed by atoms with van der Waals surface area (Å²) in [4.78, 5) is 11.9. The van der Waals surface area contributed by atoms with Crippen molar-refractivity contribution in [2.24, 2.45) is 11.8 Å². The normalized spacial score (nSPS) is 25.7. The molecule has 0 aliphatic heterocycles. The van der Waals surface area contributed by atoms with Crippen LogP contribution in [0.5, 0.6) is 0 Å². The summed E-state index contributed by atoms with van der Waals surface area (Å²) in [5.41, 5.74) is 1.39. The van der Waals surface area contributed by atoms with Crippen molar-refractivity contribution in [2.75, 3.05) is 7.11 Å². The molecule has 0 radical (unpaired) electrons. The Kier molecular flexibility index (Phi) is 10.4. The number of ether oxygens (including phenoxy) is 1. The number of aliphatic hydroxyl groups is 2. The van der Waals surface area contributed by atoms with Crippen molar-refractivity contribution in [1.29, 1.82) is 0 Å². The van der Waals surface area contributed by atoms with Crippen molar-refractivity contribution in [2.45, 2.75) is 83.0 Å². The zero-order valence-electron chi connectivity index (χ0n) is 17.6. The number of allylic oxidation sites excluding steroid dienone is 2. The van der Waals surface area contributed by atoms with Gasteiger partial charge in [0.1, 0.15) is 0 Å². The molecular weight excluding hydrogens is 388 g/mol. The van der Waals surface area contributed by atoms with E-state index in [0.717, 1.165) is 38.5 Å². The van der Waals surface area contributed by atoms with E-state index in [9.17, 15) is 15.0 Å². The van der Waals surface area contributed by atoms with Crippen molar-refractivity contribution < 1.29 is 24.9 Å². The van der Waals surface area contributed by atoms with Crippen LogP contribution in [0.2, 0.25) is 0 Å². The summed E-state index contributed by atoms with van der Waals surface area (Å²) in [6.07, 6.45) is 9.65. The summed E-state index contributed by atoms with van der Waals surface area (Å²) in [5, 5.41) is 31.6. The van der Waals surface area contributed by atoms with Gasteiger partial charge in [-0.1, -0.05) is 12.2 Å². The molecule has 1 aliphatic carbocycles. The van der Waals surface area contributed by atoms with Gasteiger partial charge in [0.25, 0.3) is 0 Å². The van der Waals surface area contributed by atoms with Gasteiger partial charge in [0, 0.05) is 18.4 Å². The van der Waals surface area contributed by atoms with Gasteiger partial charge in [-0.15, -0.1) is 11.3 Å². The van der Waals surface area contributed by atoms with Gasteiger partial charge in [0.05, 0.1) is 18.3 Å². The molecule has 0 aromatic carbocycles.